The molecule has 1 aromatic rings. The van der Waals surface area contributed by atoms with Gasteiger partial charge in [-0.05, 0) is 67.2 Å². The van der Waals surface area contributed by atoms with Crippen LogP contribution < -0.4 is 4.74 Å². The maximum absolute atomic E-state index is 12.9. The number of carbonyl (C=O) groups is 3. The lowest BCUT2D eigenvalue weighted by atomic mass is 9.63. The van der Waals surface area contributed by atoms with Gasteiger partial charge in [-0.3, -0.25) is 14.5 Å². The highest BCUT2D eigenvalue weighted by Crippen LogP contribution is 2.65. The number of aryl methyl sites for hydroxylation is 2. The number of nitrogens with zero attached hydrogens (tertiary/aromatic N) is 1. The molecule has 0 spiro atoms. The van der Waals surface area contributed by atoms with E-state index in [1.54, 1.807) is 12.1 Å². The van der Waals surface area contributed by atoms with E-state index >= 15 is 0 Å². The first-order valence-electron chi connectivity index (χ1n) is 9.26. The lowest BCUT2D eigenvalue weighted by Crippen LogP contribution is -2.40. The molecule has 4 aliphatic carbocycles. The Balaban J connectivity index is 1.33. The highest BCUT2D eigenvalue weighted by molar-refractivity contribution is 6.08. The predicted molar refractivity (Wildman–Crippen MR) is 93.0 cm³/mol. The number of hydrogen-bond donors (Lipinski definition) is 0. The lowest BCUT2D eigenvalue weighted by molar-refractivity contribution is -0.148. The van der Waals surface area contributed by atoms with Crippen molar-refractivity contribution in [1.82, 2.24) is 4.90 Å². The summed E-state index contributed by atoms with van der Waals surface area (Å²) >= 11 is 0. The molecule has 5 heteroatoms. The molecule has 26 heavy (non-hydrogen) atoms. The third-order valence-corrected chi connectivity index (χ3v) is 6.47. The van der Waals surface area contributed by atoms with Gasteiger partial charge in [-0.15, -0.1) is 0 Å². The molecule has 2 amide bonds. The van der Waals surface area contributed by atoms with Crippen LogP contribution in [0.1, 0.15) is 17.5 Å². The van der Waals surface area contributed by atoms with E-state index in [9.17, 15) is 14.4 Å². The number of likely N-dealkylation sites (tertiary alicyclic amines) is 1. The van der Waals surface area contributed by atoms with Gasteiger partial charge in [0.05, 0.1) is 11.8 Å². The van der Waals surface area contributed by atoms with Crippen molar-refractivity contribution in [2.75, 3.05) is 6.54 Å². The van der Waals surface area contributed by atoms with Crippen LogP contribution in [0.4, 0.5) is 0 Å². The average molecular weight is 351 g/mol. The zero-order valence-corrected chi connectivity index (χ0v) is 14.8. The third-order valence-electron chi connectivity index (χ3n) is 6.47. The van der Waals surface area contributed by atoms with E-state index in [4.69, 9.17) is 4.74 Å². The van der Waals surface area contributed by atoms with Crippen molar-refractivity contribution in [2.24, 2.45) is 35.5 Å². The van der Waals surface area contributed by atoms with Crippen molar-refractivity contribution in [2.45, 2.75) is 20.3 Å². The molecule has 2 saturated carbocycles. The number of imide groups is 1. The van der Waals surface area contributed by atoms with Crippen molar-refractivity contribution >= 4 is 17.8 Å². The van der Waals surface area contributed by atoms with Gasteiger partial charge in [0.15, 0.2) is 0 Å². The minimum absolute atomic E-state index is 0.173. The van der Waals surface area contributed by atoms with Gasteiger partial charge in [-0.2, -0.15) is 0 Å². The molecule has 6 atom stereocenters. The molecule has 6 rings (SSSR count). The van der Waals surface area contributed by atoms with E-state index in [1.165, 1.54) is 0 Å². The molecule has 0 N–H and O–H groups in total. The van der Waals surface area contributed by atoms with Gasteiger partial charge < -0.3 is 4.74 Å². The summed E-state index contributed by atoms with van der Waals surface area (Å²) in [7, 11) is 0. The Morgan fingerprint density at radius 2 is 1.54 bits per heavy atom. The number of amides is 2. The molecule has 1 saturated heterocycles. The van der Waals surface area contributed by atoms with Crippen LogP contribution in [0.5, 0.6) is 5.75 Å². The smallest absolute Gasteiger partial charge is 0.331 e. The van der Waals surface area contributed by atoms with Crippen LogP contribution in [0.15, 0.2) is 30.4 Å². The fraction of sp³-hybridized carbons (Fsp3) is 0.476. The van der Waals surface area contributed by atoms with Gasteiger partial charge in [0, 0.05) is 0 Å². The minimum atomic E-state index is -0.569. The van der Waals surface area contributed by atoms with Gasteiger partial charge in [0.2, 0.25) is 11.8 Å². The van der Waals surface area contributed by atoms with E-state index in [2.05, 4.69) is 12.2 Å². The predicted octanol–water partition coefficient (Wildman–Crippen LogP) is 2.26. The van der Waals surface area contributed by atoms with Crippen LogP contribution in [0.25, 0.3) is 0 Å². The minimum Gasteiger partial charge on any atom is -0.425 e. The number of rotatable bonds is 3. The number of hydrogen-bond acceptors (Lipinski definition) is 4. The molecular weight excluding hydrogens is 330 g/mol. The molecule has 5 aliphatic rings. The zero-order chi connectivity index (χ0) is 18.2. The highest BCUT2D eigenvalue weighted by Gasteiger charge is 2.67. The number of ether oxygens (including phenoxy) is 1. The average Bonchev–Trinajstić information content (AvgIpc) is 3.35. The molecule has 1 aliphatic heterocycles. The number of benzene rings is 1. The summed E-state index contributed by atoms with van der Waals surface area (Å²) in [5.74, 6) is 0.427. The van der Waals surface area contributed by atoms with E-state index < -0.39 is 5.97 Å². The van der Waals surface area contributed by atoms with E-state index in [0.717, 1.165) is 22.4 Å². The van der Waals surface area contributed by atoms with Gasteiger partial charge in [-0.1, -0.05) is 18.2 Å². The molecule has 0 unspecified atom stereocenters. The van der Waals surface area contributed by atoms with Crippen molar-refractivity contribution in [3.63, 3.8) is 0 Å². The first-order chi connectivity index (χ1) is 12.4. The topological polar surface area (TPSA) is 63.7 Å². The fourth-order valence-electron chi connectivity index (χ4n) is 5.46. The van der Waals surface area contributed by atoms with Gasteiger partial charge in [0.1, 0.15) is 12.3 Å². The first kappa shape index (κ1) is 15.8. The van der Waals surface area contributed by atoms with Crippen LogP contribution >= 0.6 is 0 Å². The van der Waals surface area contributed by atoms with Crippen molar-refractivity contribution in [1.29, 1.82) is 0 Å². The monoisotopic (exact) mass is 351 g/mol. The Morgan fingerprint density at radius 1 is 1.00 bits per heavy atom. The second kappa shape index (κ2) is 5.29. The third kappa shape index (κ3) is 2.19. The van der Waals surface area contributed by atoms with E-state index in [0.29, 0.717) is 17.6 Å². The first-order valence-corrected chi connectivity index (χ1v) is 9.26. The summed E-state index contributed by atoms with van der Waals surface area (Å²) in [5, 5.41) is 0. The molecule has 3 fully saturated rings. The zero-order valence-electron chi connectivity index (χ0n) is 14.8. The summed E-state index contributed by atoms with van der Waals surface area (Å²) in [5.41, 5.74) is 1.99. The van der Waals surface area contributed by atoms with Crippen LogP contribution in [0, 0.1) is 49.4 Å². The second-order valence-electron chi connectivity index (χ2n) is 8.21. The molecule has 2 bridgehead atoms. The highest BCUT2D eigenvalue weighted by atomic mass is 16.5. The summed E-state index contributed by atoms with van der Waals surface area (Å²) in [6.45, 7) is 3.56. The van der Waals surface area contributed by atoms with Crippen LogP contribution in [0.3, 0.4) is 0 Å². The Hall–Kier alpha value is -2.43. The quantitative estimate of drug-likeness (QED) is 0.363. The maximum Gasteiger partial charge on any atom is 0.331 e. The Bertz CT molecular complexity index is 817. The van der Waals surface area contributed by atoms with Crippen molar-refractivity contribution in [3.05, 3.63) is 41.5 Å². The summed E-state index contributed by atoms with van der Waals surface area (Å²) in [6.07, 6.45) is 5.38. The number of esters is 1. The summed E-state index contributed by atoms with van der Waals surface area (Å²) < 4.78 is 5.39. The SMILES string of the molecule is Cc1cc(C)cc(OC(=O)CN2C(=O)[C@@H]3[C@@H]4C=C[C@H]([C@@H]5C[C@H]45)[C@@H]3C2=O)c1. The lowest BCUT2D eigenvalue weighted by Gasteiger charge is -2.37. The molecule has 0 radical (unpaired) electrons. The Morgan fingerprint density at radius 3 is 2.08 bits per heavy atom. The van der Waals surface area contributed by atoms with Crippen LogP contribution in [-0.4, -0.2) is 29.2 Å². The standard InChI is InChI=1S/C21H21NO4/c1-10-5-11(2)7-12(6-10)26-17(23)9-22-20(24)18-13-3-4-14(16-8-15(13)16)19(18)21(22)25/h3-7,13-16,18-19H,8-9H2,1-2H3/t13-,14-,15-,16+,18-,19+/m1/s1. The number of allylic oxidation sites excluding steroid dienone is 2. The molecule has 134 valence electrons. The van der Waals surface area contributed by atoms with Gasteiger partial charge in [-0.25, -0.2) is 4.79 Å². The van der Waals surface area contributed by atoms with Crippen molar-refractivity contribution in [3.8, 4) is 5.75 Å². The fourth-order valence-corrected chi connectivity index (χ4v) is 5.46. The molecule has 0 aromatic heterocycles. The second-order valence-corrected chi connectivity index (χ2v) is 8.21. The van der Waals surface area contributed by atoms with Gasteiger partial charge >= 0.3 is 5.97 Å². The van der Waals surface area contributed by atoms with Crippen molar-refractivity contribution < 1.29 is 19.1 Å². The summed E-state index contributed by atoms with van der Waals surface area (Å²) in [6, 6.07) is 5.54. The van der Waals surface area contributed by atoms with E-state index in [1.807, 2.05) is 19.9 Å². The molecule has 1 aromatic carbocycles. The van der Waals surface area contributed by atoms with E-state index in [-0.39, 0.29) is 42.0 Å². The van der Waals surface area contributed by atoms with Crippen LogP contribution in [-0.2, 0) is 14.4 Å². The van der Waals surface area contributed by atoms with Crippen LogP contribution in [0.2, 0.25) is 0 Å². The normalized spacial score (nSPS) is 36.2. The maximum atomic E-state index is 12.9. The molecular formula is C21H21NO4. The molecule has 5 nitrogen and oxygen atoms in total. The largest absolute Gasteiger partial charge is 0.425 e. The Kier molecular flexibility index (Phi) is 3.21. The summed E-state index contributed by atoms with van der Waals surface area (Å²) in [4.78, 5) is 39.2. The Labute approximate surface area is 152 Å². The van der Waals surface area contributed by atoms with Gasteiger partial charge in [0.25, 0.3) is 0 Å². The molecule has 1 heterocycles. The number of carbonyl (C=O) groups excluding carboxylic acids is 3.